The fourth-order valence-corrected chi connectivity index (χ4v) is 1.41. The number of carbonyl (C=O) groups excluding carboxylic acids is 1. The van der Waals surface area contributed by atoms with Gasteiger partial charge in [-0.3, -0.25) is 4.79 Å². The molecule has 0 aliphatic rings. The van der Waals surface area contributed by atoms with Gasteiger partial charge in [0.2, 0.25) is 0 Å². The van der Waals surface area contributed by atoms with Gasteiger partial charge in [0.25, 0.3) is 0 Å². The summed E-state index contributed by atoms with van der Waals surface area (Å²) < 4.78 is 28.2. The molecule has 0 aliphatic carbocycles. The molecule has 84 valence electrons. The van der Waals surface area contributed by atoms with Crippen LogP contribution in [0.4, 0.5) is 8.78 Å². The highest BCUT2D eigenvalue weighted by Gasteiger charge is 2.19. The smallest absolute Gasteiger partial charge is 0.387 e. The number of benzene rings is 1. The third-order valence-corrected chi connectivity index (χ3v) is 2.11. The van der Waals surface area contributed by atoms with Crippen molar-refractivity contribution in [3.8, 4) is 11.8 Å². The number of rotatable bonds is 3. The van der Waals surface area contributed by atoms with Gasteiger partial charge in [-0.2, -0.15) is 14.0 Å². The van der Waals surface area contributed by atoms with Gasteiger partial charge in [0.1, 0.15) is 11.8 Å². The molecule has 0 aromatic heterocycles. The summed E-state index contributed by atoms with van der Waals surface area (Å²) in [4.78, 5) is 11.2. The summed E-state index contributed by atoms with van der Waals surface area (Å²) in [5.74, 6) is -0.904. The van der Waals surface area contributed by atoms with Crippen LogP contribution in [-0.4, -0.2) is 12.4 Å². The second-order valence-corrected chi connectivity index (χ2v) is 3.25. The molecule has 0 saturated carbocycles. The van der Waals surface area contributed by atoms with E-state index in [-0.39, 0.29) is 21.9 Å². The molecule has 0 unspecified atom stereocenters. The van der Waals surface area contributed by atoms with Gasteiger partial charge in [-0.15, -0.1) is 0 Å². The van der Waals surface area contributed by atoms with Gasteiger partial charge < -0.3 is 4.74 Å². The van der Waals surface area contributed by atoms with E-state index < -0.39 is 12.4 Å². The number of carbonyl (C=O) groups is 1. The van der Waals surface area contributed by atoms with E-state index in [1.54, 1.807) is 6.07 Å². The molecule has 6 heteroatoms. The molecule has 0 N–H and O–H groups in total. The molecule has 3 nitrogen and oxygen atoms in total. The van der Waals surface area contributed by atoms with Gasteiger partial charge >= 0.3 is 6.61 Å². The molecular formula is C10H6ClF2NO2. The summed E-state index contributed by atoms with van der Waals surface area (Å²) in [5, 5.41) is 8.80. The van der Waals surface area contributed by atoms with Crippen molar-refractivity contribution in [3.05, 3.63) is 28.3 Å². The third kappa shape index (κ3) is 2.47. The topological polar surface area (TPSA) is 50.1 Å². The van der Waals surface area contributed by atoms with Crippen LogP contribution in [0.5, 0.6) is 5.75 Å². The quantitative estimate of drug-likeness (QED) is 0.769. The summed E-state index contributed by atoms with van der Waals surface area (Å²) >= 11 is 5.66. The fraction of sp³-hybridized carbons (Fsp3) is 0.200. The van der Waals surface area contributed by atoms with Crippen LogP contribution in [0.2, 0.25) is 5.02 Å². The molecule has 0 fully saturated rings. The normalized spacial score (nSPS) is 10.0. The number of nitrogens with zero attached hydrogens (tertiary/aromatic N) is 1. The fourth-order valence-electron chi connectivity index (χ4n) is 1.21. The minimum atomic E-state index is -3.06. The number of Topliss-reactive ketones (excluding diaryl/α,β-unsaturated/α-hetero) is 1. The molecule has 16 heavy (non-hydrogen) atoms. The standard InChI is InChI=1S/C10H6ClF2NO2/c1-5(15)9-6(4-14)7(11)2-3-8(9)16-10(12)13/h2-3,10H,1H3. The molecule has 0 amide bonds. The Labute approximate surface area is 95.2 Å². The Morgan fingerprint density at radius 1 is 1.56 bits per heavy atom. The first-order chi connectivity index (χ1) is 7.47. The van der Waals surface area contributed by atoms with Gasteiger partial charge in [-0.25, -0.2) is 0 Å². The molecule has 0 spiro atoms. The van der Waals surface area contributed by atoms with Crippen molar-refractivity contribution in [2.45, 2.75) is 13.5 Å². The Morgan fingerprint density at radius 3 is 2.62 bits per heavy atom. The van der Waals surface area contributed by atoms with Gasteiger partial charge in [-0.1, -0.05) is 11.6 Å². The van der Waals surface area contributed by atoms with E-state index in [4.69, 9.17) is 16.9 Å². The maximum absolute atomic E-state index is 12.1. The Morgan fingerprint density at radius 2 is 2.19 bits per heavy atom. The lowest BCUT2D eigenvalue weighted by Crippen LogP contribution is -2.08. The maximum Gasteiger partial charge on any atom is 0.387 e. The first kappa shape index (κ1) is 12.4. The maximum atomic E-state index is 12.1. The molecule has 0 aliphatic heterocycles. The third-order valence-electron chi connectivity index (χ3n) is 1.80. The van der Waals surface area contributed by atoms with Crippen molar-refractivity contribution in [3.63, 3.8) is 0 Å². The Bertz CT molecular complexity index is 469. The molecule has 0 bridgehead atoms. The van der Waals surface area contributed by atoms with E-state index >= 15 is 0 Å². The zero-order valence-corrected chi connectivity index (χ0v) is 8.89. The van der Waals surface area contributed by atoms with Crippen LogP contribution in [0.25, 0.3) is 0 Å². The zero-order chi connectivity index (χ0) is 12.3. The van der Waals surface area contributed by atoms with Crippen LogP contribution in [-0.2, 0) is 0 Å². The second-order valence-electron chi connectivity index (χ2n) is 2.84. The monoisotopic (exact) mass is 245 g/mol. The second kappa shape index (κ2) is 4.90. The molecule has 1 aromatic carbocycles. The van der Waals surface area contributed by atoms with E-state index in [1.165, 1.54) is 6.07 Å². The Kier molecular flexibility index (Phi) is 3.80. The molecule has 0 heterocycles. The summed E-state index contributed by atoms with van der Waals surface area (Å²) in [6.07, 6.45) is 0. The zero-order valence-electron chi connectivity index (χ0n) is 8.13. The van der Waals surface area contributed by atoms with Crippen molar-refractivity contribution in [2.75, 3.05) is 0 Å². The highest BCUT2D eigenvalue weighted by molar-refractivity contribution is 6.32. The molecular weight excluding hydrogens is 240 g/mol. The summed E-state index contributed by atoms with van der Waals surface area (Å²) in [6.45, 7) is -1.92. The largest absolute Gasteiger partial charge is 0.434 e. The van der Waals surface area contributed by atoms with Crippen molar-refractivity contribution in [1.82, 2.24) is 0 Å². The van der Waals surface area contributed by atoms with E-state index in [0.29, 0.717) is 0 Å². The van der Waals surface area contributed by atoms with Crippen LogP contribution in [0.1, 0.15) is 22.8 Å². The number of ether oxygens (including phenoxy) is 1. The highest BCUT2D eigenvalue weighted by Crippen LogP contribution is 2.29. The van der Waals surface area contributed by atoms with E-state index in [9.17, 15) is 13.6 Å². The number of halogens is 3. The van der Waals surface area contributed by atoms with E-state index in [0.717, 1.165) is 13.0 Å². The Hall–Kier alpha value is -1.67. The van der Waals surface area contributed by atoms with Crippen LogP contribution >= 0.6 is 11.6 Å². The summed E-state index contributed by atoms with van der Waals surface area (Å²) in [7, 11) is 0. The van der Waals surface area contributed by atoms with Gasteiger partial charge in [0.15, 0.2) is 5.78 Å². The predicted molar refractivity (Wildman–Crippen MR) is 52.8 cm³/mol. The van der Waals surface area contributed by atoms with Crippen molar-refractivity contribution in [1.29, 1.82) is 5.26 Å². The Balaban J connectivity index is 3.40. The van der Waals surface area contributed by atoms with Crippen LogP contribution in [0.3, 0.4) is 0 Å². The number of ketones is 1. The molecule has 0 radical (unpaired) electrons. The van der Waals surface area contributed by atoms with Crippen molar-refractivity contribution < 1.29 is 18.3 Å². The van der Waals surface area contributed by atoms with Crippen LogP contribution in [0.15, 0.2) is 12.1 Å². The van der Waals surface area contributed by atoms with Crippen molar-refractivity contribution >= 4 is 17.4 Å². The average molecular weight is 246 g/mol. The lowest BCUT2D eigenvalue weighted by Gasteiger charge is -2.10. The summed E-state index contributed by atoms with van der Waals surface area (Å²) in [5.41, 5.74) is -0.386. The SMILES string of the molecule is CC(=O)c1c(OC(F)F)ccc(Cl)c1C#N. The lowest BCUT2D eigenvalue weighted by atomic mass is 10.0. The van der Waals surface area contributed by atoms with Crippen LogP contribution < -0.4 is 4.74 Å². The number of nitriles is 1. The highest BCUT2D eigenvalue weighted by atomic mass is 35.5. The first-order valence-electron chi connectivity index (χ1n) is 4.15. The lowest BCUT2D eigenvalue weighted by molar-refractivity contribution is -0.0501. The molecule has 0 saturated heterocycles. The van der Waals surface area contributed by atoms with Gasteiger partial charge in [0.05, 0.1) is 16.1 Å². The molecule has 0 atom stereocenters. The van der Waals surface area contributed by atoms with Crippen LogP contribution in [0, 0.1) is 11.3 Å². The minimum Gasteiger partial charge on any atom is -0.434 e. The number of hydrogen-bond donors (Lipinski definition) is 0. The van der Waals surface area contributed by atoms with E-state index in [1.807, 2.05) is 0 Å². The minimum absolute atomic E-state index is 0.0225. The van der Waals surface area contributed by atoms with E-state index in [2.05, 4.69) is 4.74 Å². The first-order valence-corrected chi connectivity index (χ1v) is 4.53. The average Bonchev–Trinajstić information content (AvgIpc) is 2.18. The number of hydrogen-bond acceptors (Lipinski definition) is 3. The van der Waals surface area contributed by atoms with Gasteiger partial charge in [0, 0.05) is 0 Å². The molecule has 1 rings (SSSR count). The predicted octanol–water partition coefficient (Wildman–Crippen LogP) is 3.02. The molecule has 1 aromatic rings. The van der Waals surface area contributed by atoms with Gasteiger partial charge in [-0.05, 0) is 19.1 Å². The number of alkyl halides is 2. The van der Waals surface area contributed by atoms with Crippen molar-refractivity contribution in [2.24, 2.45) is 0 Å². The summed E-state index contributed by atoms with van der Waals surface area (Å²) in [6, 6.07) is 4.04.